The van der Waals surface area contributed by atoms with Crippen molar-refractivity contribution in [3.05, 3.63) is 23.5 Å². The Hall–Kier alpha value is -1.76. The van der Waals surface area contributed by atoms with Gasteiger partial charge in [0.25, 0.3) is 0 Å². The molecule has 1 atom stereocenters. The van der Waals surface area contributed by atoms with Crippen LogP contribution in [0, 0.1) is 6.92 Å². The molecule has 1 saturated carbocycles. The molecular weight excluding hydrogens is 258 g/mol. The summed E-state index contributed by atoms with van der Waals surface area (Å²) in [5.74, 6) is 3.37. The molecule has 2 fully saturated rings. The van der Waals surface area contributed by atoms with E-state index in [1.807, 2.05) is 6.92 Å². The molecule has 7 heteroatoms. The highest BCUT2D eigenvalue weighted by atomic mass is 16.5. The minimum atomic E-state index is 0.198. The Labute approximate surface area is 116 Å². The maximum Gasteiger partial charge on any atom is 0.230 e. The van der Waals surface area contributed by atoms with Gasteiger partial charge in [-0.3, -0.25) is 4.90 Å². The molecule has 106 valence electrons. The van der Waals surface area contributed by atoms with E-state index in [2.05, 4.69) is 25.2 Å². The van der Waals surface area contributed by atoms with Crippen LogP contribution in [-0.4, -0.2) is 31.8 Å². The number of likely N-dealkylation sites (tertiary alicyclic amines) is 1. The zero-order valence-corrected chi connectivity index (χ0v) is 11.4. The van der Waals surface area contributed by atoms with E-state index in [1.165, 1.54) is 12.8 Å². The standard InChI is InChI=1S/C13H17N5O2/c1-8-14-12(17-20-8)10-3-2-6-18(10)7-11-15-16-13(19-11)9-4-5-9/h9-10H,2-7H2,1H3/t10-/m1/s1. The lowest BCUT2D eigenvalue weighted by atomic mass is 10.2. The topological polar surface area (TPSA) is 81.1 Å². The van der Waals surface area contributed by atoms with Crippen LogP contribution in [0.15, 0.2) is 8.94 Å². The van der Waals surface area contributed by atoms with Crippen LogP contribution in [0.1, 0.15) is 61.1 Å². The molecule has 7 nitrogen and oxygen atoms in total. The van der Waals surface area contributed by atoms with Gasteiger partial charge in [-0.15, -0.1) is 10.2 Å². The minimum Gasteiger partial charge on any atom is -0.424 e. The van der Waals surface area contributed by atoms with Gasteiger partial charge in [-0.2, -0.15) is 4.98 Å². The van der Waals surface area contributed by atoms with Crippen LogP contribution in [0.25, 0.3) is 0 Å². The summed E-state index contributed by atoms with van der Waals surface area (Å²) < 4.78 is 10.8. The van der Waals surface area contributed by atoms with Crippen molar-refractivity contribution in [2.45, 2.75) is 51.1 Å². The lowest BCUT2D eigenvalue weighted by Gasteiger charge is -2.19. The molecule has 2 aromatic rings. The number of hydrogen-bond donors (Lipinski definition) is 0. The SMILES string of the molecule is Cc1nc([C@H]2CCCN2Cc2nnc(C3CC3)o2)no1. The van der Waals surface area contributed by atoms with E-state index in [1.54, 1.807) is 0 Å². The van der Waals surface area contributed by atoms with Gasteiger partial charge in [-0.1, -0.05) is 5.16 Å². The van der Waals surface area contributed by atoms with Gasteiger partial charge >= 0.3 is 0 Å². The van der Waals surface area contributed by atoms with Gasteiger partial charge in [0.15, 0.2) is 5.82 Å². The summed E-state index contributed by atoms with van der Waals surface area (Å²) >= 11 is 0. The number of rotatable bonds is 4. The second kappa shape index (κ2) is 4.66. The van der Waals surface area contributed by atoms with Gasteiger partial charge in [-0.25, -0.2) is 0 Å². The quantitative estimate of drug-likeness (QED) is 0.843. The second-order valence-electron chi connectivity index (χ2n) is 5.61. The highest BCUT2D eigenvalue weighted by Crippen LogP contribution is 2.39. The number of aromatic nitrogens is 4. The summed E-state index contributed by atoms with van der Waals surface area (Å²) in [5, 5.41) is 12.3. The van der Waals surface area contributed by atoms with Gasteiger partial charge in [-0.05, 0) is 32.2 Å². The highest BCUT2D eigenvalue weighted by Gasteiger charge is 2.32. The summed E-state index contributed by atoms with van der Waals surface area (Å²) in [6, 6.07) is 0.198. The average molecular weight is 275 g/mol. The molecule has 0 bridgehead atoms. The zero-order chi connectivity index (χ0) is 13.5. The first-order chi connectivity index (χ1) is 9.79. The van der Waals surface area contributed by atoms with Gasteiger partial charge in [0.05, 0.1) is 12.6 Å². The summed E-state index contributed by atoms with van der Waals surface area (Å²) in [5.41, 5.74) is 0. The molecule has 3 heterocycles. The molecular formula is C13H17N5O2. The van der Waals surface area contributed by atoms with E-state index < -0.39 is 0 Å². The van der Waals surface area contributed by atoms with E-state index in [4.69, 9.17) is 8.94 Å². The molecule has 4 rings (SSSR count). The van der Waals surface area contributed by atoms with Crippen molar-refractivity contribution in [3.63, 3.8) is 0 Å². The van der Waals surface area contributed by atoms with Crippen LogP contribution in [0.4, 0.5) is 0 Å². The van der Waals surface area contributed by atoms with Gasteiger partial charge < -0.3 is 8.94 Å². The predicted octanol–water partition coefficient (Wildman–Crippen LogP) is 1.98. The number of nitrogens with zero attached hydrogens (tertiary/aromatic N) is 5. The number of aryl methyl sites for hydroxylation is 1. The third-order valence-electron chi connectivity index (χ3n) is 3.95. The van der Waals surface area contributed by atoms with Crippen molar-refractivity contribution in [2.75, 3.05) is 6.54 Å². The van der Waals surface area contributed by atoms with Crippen LogP contribution in [0.5, 0.6) is 0 Å². The fourth-order valence-electron chi connectivity index (χ4n) is 2.76. The first kappa shape index (κ1) is 12.0. The Bertz CT molecular complexity index is 603. The molecule has 1 aliphatic carbocycles. The lowest BCUT2D eigenvalue weighted by molar-refractivity contribution is 0.210. The fourth-order valence-corrected chi connectivity index (χ4v) is 2.76. The molecule has 2 aliphatic rings. The molecule has 2 aromatic heterocycles. The van der Waals surface area contributed by atoms with E-state index in [0.717, 1.165) is 31.1 Å². The lowest BCUT2D eigenvalue weighted by Crippen LogP contribution is -2.23. The average Bonchev–Trinajstić information content (AvgIpc) is 2.86. The maximum atomic E-state index is 5.73. The smallest absolute Gasteiger partial charge is 0.230 e. The molecule has 0 unspecified atom stereocenters. The largest absolute Gasteiger partial charge is 0.424 e. The molecule has 1 aliphatic heterocycles. The zero-order valence-electron chi connectivity index (χ0n) is 11.4. The van der Waals surface area contributed by atoms with Crippen molar-refractivity contribution in [1.82, 2.24) is 25.2 Å². The Morgan fingerprint density at radius 1 is 1.25 bits per heavy atom. The Morgan fingerprint density at radius 3 is 2.90 bits per heavy atom. The monoisotopic (exact) mass is 275 g/mol. The third-order valence-corrected chi connectivity index (χ3v) is 3.95. The van der Waals surface area contributed by atoms with Crippen molar-refractivity contribution in [3.8, 4) is 0 Å². The normalized spacial score (nSPS) is 23.6. The van der Waals surface area contributed by atoms with Crippen molar-refractivity contribution in [2.24, 2.45) is 0 Å². The second-order valence-corrected chi connectivity index (χ2v) is 5.61. The van der Waals surface area contributed by atoms with E-state index in [9.17, 15) is 0 Å². The first-order valence-corrected chi connectivity index (χ1v) is 7.16. The van der Waals surface area contributed by atoms with Gasteiger partial charge in [0, 0.05) is 12.8 Å². The molecule has 20 heavy (non-hydrogen) atoms. The Morgan fingerprint density at radius 2 is 2.15 bits per heavy atom. The van der Waals surface area contributed by atoms with Crippen LogP contribution >= 0.6 is 0 Å². The molecule has 0 radical (unpaired) electrons. The molecule has 0 aromatic carbocycles. The predicted molar refractivity (Wildman–Crippen MR) is 67.7 cm³/mol. The summed E-state index contributed by atoms with van der Waals surface area (Å²) in [6.45, 7) is 3.48. The van der Waals surface area contributed by atoms with Crippen LogP contribution in [-0.2, 0) is 6.54 Å². The highest BCUT2D eigenvalue weighted by molar-refractivity contribution is 5.01. The first-order valence-electron chi connectivity index (χ1n) is 7.16. The minimum absolute atomic E-state index is 0.198. The van der Waals surface area contributed by atoms with Gasteiger partial charge in [0.2, 0.25) is 17.7 Å². The third kappa shape index (κ3) is 2.22. The van der Waals surface area contributed by atoms with Crippen LogP contribution < -0.4 is 0 Å². The fraction of sp³-hybridized carbons (Fsp3) is 0.692. The molecule has 0 N–H and O–H groups in total. The number of hydrogen-bond acceptors (Lipinski definition) is 7. The van der Waals surface area contributed by atoms with Crippen molar-refractivity contribution in [1.29, 1.82) is 0 Å². The van der Waals surface area contributed by atoms with Crippen molar-refractivity contribution < 1.29 is 8.94 Å². The molecule has 1 saturated heterocycles. The van der Waals surface area contributed by atoms with E-state index >= 15 is 0 Å². The van der Waals surface area contributed by atoms with Crippen LogP contribution in [0.3, 0.4) is 0 Å². The Kier molecular flexibility index (Phi) is 2.80. The maximum absolute atomic E-state index is 5.73. The molecule has 0 amide bonds. The van der Waals surface area contributed by atoms with Crippen molar-refractivity contribution >= 4 is 0 Å². The summed E-state index contributed by atoms with van der Waals surface area (Å²) in [4.78, 5) is 6.63. The molecule has 0 spiro atoms. The van der Waals surface area contributed by atoms with Gasteiger partial charge in [0.1, 0.15) is 0 Å². The Balaban J connectivity index is 1.48. The summed E-state index contributed by atoms with van der Waals surface area (Å²) in [6.07, 6.45) is 4.52. The van der Waals surface area contributed by atoms with E-state index in [-0.39, 0.29) is 6.04 Å². The van der Waals surface area contributed by atoms with Crippen LogP contribution in [0.2, 0.25) is 0 Å². The van der Waals surface area contributed by atoms with E-state index in [0.29, 0.717) is 24.2 Å². The summed E-state index contributed by atoms with van der Waals surface area (Å²) in [7, 11) is 0.